The average molecular weight is 288 g/mol. The van der Waals surface area contributed by atoms with Gasteiger partial charge in [-0.05, 0) is 18.1 Å². The maximum atomic E-state index is 6.37. The quantitative estimate of drug-likeness (QED) is 0.561. The minimum atomic E-state index is -1.62. The van der Waals surface area contributed by atoms with Crippen LogP contribution in [0.5, 0.6) is 0 Å². The maximum absolute atomic E-state index is 6.37. The molecule has 1 aliphatic heterocycles. The van der Waals surface area contributed by atoms with Gasteiger partial charge in [-0.1, -0.05) is 53.8 Å². The Hall–Kier alpha value is 0.0669. The summed E-state index contributed by atoms with van der Waals surface area (Å²) < 4.78 is 6.37. The molecule has 0 bridgehead atoms. The average Bonchev–Trinajstić information content (AvgIpc) is 2.05. The lowest BCUT2D eigenvalue weighted by molar-refractivity contribution is 0.0526. The molecule has 1 heterocycles. The van der Waals surface area contributed by atoms with Crippen LogP contribution in [-0.4, -0.2) is 37.4 Å². The van der Waals surface area contributed by atoms with Crippen molar-refractivity contribution in [2.24, 2.45) is 5.41 Å². The molecule has 0 amide bonds. The van der Waals surface area contributed by atoms with Crippen LogP contribution in [0.2, 0.25) is 18.1 Å². The Labute approximate surface area is 119 Å². The Morgan fingerprint density at radius 2 is 1.56 bits per heavy atom. The summed E-state index contributed by atoms with van der Waals surface area (Å²) in [6, 6.07) is 0. The number of likely N-dealkylation sites (tertiary alicyclic amines) is 1. The second kappa shape index (κ2) is 4.87. The molecule has 0 aromatic rings. The molecule has 1 rings (SSSR count). The largest absolute Gasteiger partial charge is 0.410 e. The van der Waals surface area contributed by atoms with Crippen molar-refractivity contribution in [1.29, 1.82) is 0 Å². The zero-order valence-electron chi connectivity index (χ0n) is 13.3. The van der Waals surface area contributed by atoms with Crippen molar-refractivity contribution < 1.29 is 4.43 Å². The summed E-state index contributed by atoms with van der Waals surface area (Å²) in [7, 11) is -1.62. The van der Waals surface area contributed by atoms with Crippen LogP contribution in [0.25, 0.3) is 0 Å². The Morgan fingerprint density at radius 3 is 1.89 bits per heavy atom. The van der Waals surface area contributed by atoms with Crippen molar-refractivity contribution in [3.05, 3.63) is 0 Å². The van der Waals surface area contributed by atoms with E-state index in [1.807, 2.05) is 0 Å². The van der Waals surface area contributed by atoms with E-state index in [2.05, 4.69) is 59.5 Å². The molecule has 106 valence electrons. The van der Waals surface area contributed by atoms with E-state index in [-0.39, 0.29) is 10.5 Å². The first-order valence-electron chi connectivity index (χ1n) is 6.82. The Morgan fingerprint density at radius 1 is 1.11 bits per heavy atom. The van der Waals surface area contributed by atoms with Gasteiger partial charge in [0.25, 0.3) is 0 Å². The first kappa shape index (κ1) is 16.1. The van der Waals surface area contributed by atoms with E-state index in [0.29, 0.717) is 6.10 Å². The molecular weight excluding hydrogens is 258 g/mol. The lowest BCUT2D eigenvalue weighted by Crippen LogP contribution is -2.60. The van der Waals surface area contributed by atoms with Gasteiger partial charge in [0.05, 0.1) is 11.1 Å². The van der Waals surface area contributed by atoms with Gasteiger partial charge in [-0.3, -0.25) is 0 Å². The molecule has 0 radical (unpaired) electrons. The molecular formula is C14H29NOSSi. The molecule has 1 fully saturated rings. The van der Waals surface area contributed by atoms with E-state index < -0.39 is 8.32 Å². The maximum Gasteiger partial charge on any atom is 0.192 e. The summed E-state index contributed by atoms with van der Waals surface area (Å²) >= 11 is 5.51. The van der Waals surface area contributed by atoms with Crippen LogP contribution in [0.1, 0.15) is 41.5 Å². The molecule has 0 spiro atoms. The van der Waals surface area contributed by atoms with E-state index >= 15 is 0 Å². The summed E-state index contributed by atoms with van der Waals surface area (Å²) in [6.07, 6.45) is 0.381. The fourth-order valence-corrected chi connectivity index (χ4v) is 3.23. The zero-order valence-corrected chi connectivity index (χ0v) is 15.1. The molecule has 2 nitrogen and oxygen atoms in total. The number of hydrogen-bond donors (Lipinski definition) is 0. The molecule has 0 saturated carbocycles. The molecule has 0 N–H and O–H groups in total. The van der Waals surface area contributed by atoms with Crippen molar-refractivity contribution in [3.63, 3.8) is 0 Å². The molecule has 1 saturated heterocycles. The predicted octanol–water partition coefficient (Wildman–Crippen LogP) is 4.07. The van der Waals surface area contributed by atoms with Crippen molar-refractivity contribution in [1.82, 2.24) is 4.90 Å². The van der Waals surface area contributed by atoms with Gasteiger partial charge in [0.1, 0.15) is 0 Å². The fourth-order valence-electron chi connectivity index (χ4n) is 1.75. The predicted molar refractivity (Wildman–Crippen MR) is 85.7 cm³/mol. The minimum Gasteiger partial charge on any atom is -0.410 e. The van der Waals surface area contributed by atoms with Gasteiger partial charge in [0, 0.05) is 18.5 Å². The minimum absolute atomic E-state index is 0.0945. The zero-order chi connectivity index (χ0) is 14.4. The molecule has 0 unspecified atom stereocenters. The smallest absolute Gasteiger partial charge is 0.192 e. The van der Waals surface area contributed by atoms with Gasteiger partial charge >= 0.3 is 0 Å². The van der Waals surface area contributed by atoms with Crippen molar-refractivity contribution in [2.75, 3.05) is 13.1 Å². The number of thiocarbonyl (C=S) groups is 1. The lowest BCUT2D eigenvalue weighted by atomic mass is 9.94. The molecule has 1 aliphatic rings. The third kappa shape index (κ3) is 3.55. The van der Waals surface area contributed by atoms with Gasteiger partial charge in [-0.15, -0.1) is 0 Å². The second-order valence-corrected chi connectivity index (χ2v) is 13.1. The van der Waals surface area contributed by atoms with E-state index in [0.717, 1.165) is 18.1 Å². The van der Waals surface area contributed by atoms with E-state index in [1.165, 1.54) is 0 Å². The molecule has 0 aliphatic carbocycles. The highest BCUT2D eigenvalue weighted by molar-refractivity contribution is 7.80. The second-order valence-electron chi connectivity index (χ2n) is 7.96. The van der Waals surface area contributed by atoms with Crippen molar-refractivity contribution in [3.8, 4) is 0 Å². The highest BCUT2D eigenvalue weighted by Crippen LogP contribution is 2.38. The van der Waals surface area contributed by atoms with Crippen LogP contribution in [0, 0.1) is 5.41 Å². The van der Waals surface area contributed by atoms with Crippen molar-refractivity contribution in [2.45, 2.75) is 65.8 Å². The van der Waals surface area contributed by atoms with Crippen LogP contribution in [0.15, 0.2) is 0 Å². The third-order valence-corrected chi connectivity index (χ3v) is 9.45. The third-order valence-electron chi connectivity index (χ3n) is 4.04. The summed E-state index contributed by atoms with van der Waals surface area (Å²) in [5.41, 5.74) is 0.0945. The van der Waals surface area contributed by atoms with E-state index in [1.54, 1.807) is 0 Å². The molecule has 0 aromatic heterocycles. The first-order valence-corrected chi connectivity index (χ1v) is 10.1. The number of nitrogens with zero attached hydrogens (tertiary/aromatic N) is 1. The van der Waals surface area contributed by atoms with E-state index in [4.69, 9.17) is 16.6 Å². The number of rotatable bonds is 2. The topological polar surface area (TPSA) is 12.5 Å². The Balaban J connectivity index is 2.48. The highest BCUT2D eigenvalue weighted by atomic mass is 32.1. The van der Waals surface area contributed by atoms with Crippen LogP contribution in [0.4, 0.5) is 0 Å². The summed E-state index contributed by atoms with van der Waals surface area (Å²) in [5, 5.41) is 0.290. The normalized spacial score (nSPS) is 18.8. The Bertz CT molecular complexity index is 322. The number of hydrogen-bond acceptors (Lipinski definition) is 2. The summed E-state index contributed by atoms with van der Waals surface area (Å²) in [5.74, 6) is 0. The summed E-state index contributed by atoms with van der Waals surface area (Å²) in [4.78, 5) is 3.35. The molecule has 4 heteroatoms. The monoisotopic (exact) mass is 287 g/mol. The first-order chi connectivity index (χ1) is 7.84. The van der Waals surface area contributed by atoms with Crippen LogP contribution >= 0.6 is 12.2 Å². The molecule has 18 heavy (non-hydrogen) atoms. The van der Waals surface area contributed by atoms with Crippen LogP contribution in [-0.2, 0) is 4.43 Å². The van der Waals surface area contributed by atoms with Crippen molar-refractivity contribution >= 4 is 25.5 Å². The van der Waals surface area contributed by atoms with Gasteiger partial charge in [-0.2, -0.15) is 0 Å². The Kier molecular flexibility index (Phi) is 4.37. The molecule has 0 aromatic carbocycles. The van der Waals surface area contributed by atoms with Gasteiger partial charge in [0.2, 0.25) is 0 Å². The van der Waals surface area contributed by atoms with E-state index in [9.17, 15) is 0 Å². The van der Waals surface area contributed by atoms with Gasteiger partial charge in [-0.25, -0.2) is 0 Å². The fraction of sp³-hybridized carbons (Fsp3) is 0.929. The van der Waals surface area contributed by atoms with Gasteiger partial charge in [0.15, 0.2) is 8.32 Å². The summed E-state index contributed by atoms with van der Waals surface area (Å²) in [6.45, 7) is 20.0. The SMILES string of the molecule is CC(C)(C)C(=S)N1CC(O[Si](C)(C)C(C)(C)C)C1. The van der Waals surface area contributed by atoms with Crippen LogP contribution < -0.4 is 0 Å². The standard InChI is InChI=1S/C14H29NOSSi/c1-13(2,3)12(17)15-9-11(10-15)16-18(7,8)14(4,5)6/h11H,9-10H2,1-8H3. The highest BCUT2D eigenvalue weighted by Gasteiger charge is 2.43. The van der Waals surface area contributed by atoms with Gasteiger partial charge < -0.3 is 9.33 Å². The van der Waals surface area contributed by atoms with Crippen LogP contribution in [0.3, 0.4) is 0 Å². The molecule has 0 atom stereocenters. The lowest BCUT2D eigenvalue weighted by Gasteiger charge is -2.49.